The summed E-state index contributed by atoms with van der Waals surface area (Å²) >= 11 is 6.14. The lowest BCUT2D eigenvalue weighted by molar-refractivity contribution is 0.102. The van der Waals surface area contributed by atoms with Gasteiger partial charge in [-0.3, -0.25) is 4.79 Å². The number of hydrogen-bond donors (Lipinski definition) is 1. The molecular formula is C21H27ClN4O3Si. The van der Waals surface area contributed by atoms with E-state index in [4.69, 9.17) is 20.8 Å². The molecule has 0 bridgehead atoms. The Bertz CT molecular complexity index is 1050. The van der Waals surface area contributed by atoms with Crippen LogP contribution < -0.4 is 10.1 Å². The van der Waals surface area contributed by atoms with Crippen LogP contribution in [0.2, 0.25) is 23.2 Å². The standard InChI is InChI=1S/C21H27ClN4O3Si/c1-21(2,3)30(4,5)29-12-11-28-18-8-7-15(22)13-17(18)25-20(27)16-14-24-26-10-6-9-23-19(16)26/h6-10,13-14H,11-12H2,1-5H3,(H,25,27). The number of nitrogens with one attached hydrogen (secondary N) is 1. The van der Waals surface area contributed by atoms with Crippen LogP contribution in [0, 0.1) is 0 Å². The van der Waals surface area contributed by atoms with Crippen molar-refractivity contribution in [1.29, 1.82) is 0 Å². The molecule has 0 aliphatic heterocycles. The quantitative estimate of drug-likeness (QED) is 0.406. The average molecular weight is 447 g/mol. The third kappa shape index (κ3) is 5.00. The second kappa shape index (κ2) is 8.75. The van der Waals surface area contributed by atoms with Crippen LogP contribution >= 0.6 is 11.6 Å². The van der Waals surface area contributed by atoms with Crippen molar-refractivity contribution in [3.63, 3.8) is 0 Å². The molecular weight excluding hydrogens is 420 g/mol. The summed E-state index contributed by atoms with van der Waals surface area (Å²) in [5.74, 6) is 0.185. The minimum Gasteiger partial charge on any atom is -0.489 e. The maximum atomic E-state index is 12.8. The summed E-state index contributed by atoms with van der Waals surface area (Å²) in [5.41, 5.74) is 1.32. The topological polar surface area (TPSA) is 77.8 Å². The number of ether oxygens (including phenoxy) is 1. The van der Waals surface area contributed by atoms with E-state index in [9.17, 15) is 4.79 Å². The SMILES string of the molecule is CC(C)(C)[Si](C)(C)OCCOc1ccc(Cl)cc1NC(=O)c1cnn2cccnc12. The average Bonchev–Trinajstić information content (AvgIpc) is 3.10. The van der Waals surface area contributed by atoms with Gasteiger partial charge in [0.15, 0.2) is 14.0 Å². The Kier molecular flexibility index (Phi) is 6.49. The zero-order chi connectivity index (χ0) is 21.9. The smallest absolute Gasteiger partial charge is 0.261 e. The molecule has 0 radical (unpaired) electrons. The van der Waals surface area contributed by atoms with E-state index in [0.29, 0.717) is 40.9 Å². The largest absolute Gasteiger partial charge is 0.489 e. The number of carbonyl (C=O) groups excluding carboxylic acids is 1. The van der Waals surface area contributed by atoms with Crippen LogP contribution in [0.5, 0.6) is 5.75 Å². The Labute approximate surface area is 182 Å². The number of nitrogens with zero attached hydrogens (tertiary/aromatic N) is 3. The van der Waals surface area contributed by atoms with Crippen LogP contribution in [0.15, 0.2) is 42.9 Å². The summed E-state index contributed by atoms with van der Waals surface area (Å²) in [5, 5.41) is 7.63. The second-order valence-electron chi connectivity index (χ2n) is 8.50. The highest BCUT2D eigenvalue weighted by molar-refractivity contribution is 6.74. The van der Waals surface area contributed by atoms with Crippen molar-refractivity contribution in [3.05, 3.63) is 53.4 Å². The summed E-state index contributed by atoms with van der Waals surface area (Å²) < 4.78 is 13.6. The highest BCUT2D eigenvalue weighted by atomic mass is 35.5. The van der Waals surface area contributed by atoms with Gasteiger partial charge in [0.05, 0.1) is 18.5 Å². The Morgan fingerprint density at radius 2 is 2.03 bits per heavy atom. The first-order valence-corrected chi connectivity index (χ1v) is 13.0. The van der Waals surface area contributed by atoms with Gasteiger partial charge in [-0.1, -0.05) is 32.4 Å². The number of amides is 1. The van der Waals surface area contributed by atoms with E-state index in [1.54, 1.807) is 41.2 Å². The van der Waals surface area contributed by atoms with Crippen molar-refractivity contribution < 1.29 is 14.0 Å². The molecule has 9 heteroatoms. The lowest BCUT2D eigenvalue weighted by atomic mass is 10.2. The Morgan fingerprint density at radius 3 is 2.77 bits per heavy atom. The predicted molar refractivity (Wildman–Crippen MR) is 121 cm³/mol. The fourth-order valence-electron chi connectivity index (χ4n) is 2.57. The minimum absolute atomic E-state index is 0.134. The molecule has 0 unspecified atom stereocenters. The van der Waals surface area contributed by atoms with Crippen LogP contribution in [0.4, 0.5) is 5.69 Å². The number of halogens is 1. The first kappa shape index (κ1) is 22.3. The van der Waals surface area contributed by atoms with E-state index in [1.807, 2.05) is 0 Å². The molecule has 0 fully saturated rings. The Morgan fingerprint density at radius 1 is 1.27 bits per heavy atom. The number of rotatable bonds is 7. The molecule has 2 heterocycles. The number of aromatic nitrogens is 3. The first-order chi connectivity index (χ1) is 14.1. The molecule has 30 heavy (non-hydrogen) atoms. The van der Waals surface area contributed by atoms with E-state index in [2.05, 4.69) is 49.3 Å². The van der Waals surface area contributed by atoms with Gasteiger partial charge in [0, 0.05) is 17.4 Å². The molecule has 0 spiro atoms. The molecule has 2 aromatic heterocycles. The number of carbonyl (C=O) groups is 1. The number of fused-ring (bicyclic) bond motifs is 1. The molecule has 7 nitrogen and oxygen atoms in total. The monoisotopic (exact) mass is 446 g/mol. The molecule has 0 atom stereocenters. The van der Waals surface area contributed by atoms with Crippen molar-refractivity contribution >= 4 is 37.2 Å². The van der Waals surface area contributed by atoms with Crippen molar-refractivity contribution in [2.24, 2.45) is 0 Å². The normalized spacial score (nSPS) is 12.2. The van der Waals surface area contributed by atoms with Crippen molar-refractivity contribution in [2.45, 2.75) is 38.9 Å². The van der Waals surface area contributed by atoms with Gasteiger partial charge >= 0.3 is 0 Å². The fraction of sp³-hybridized carbons (Fsp3) is 0.381. The van der Waals surface area contributed by atoms with E-state index >= 15 is 0 Å². The fourth-order valence-corrected chi connectivity index (χ4v) is 3.77. The van der Waals surface area contributed by atoms with Gasteiger partial charge in [-0.15, -0.1) is 0 Å². The highest BCUT2D eigenvalue weighted by Gasteiger charge is 2.36. The zero-order valence-electron chi connectivity index (χ0n) is 17.9. The van der Waals surface area contributed by atoms with E-state index in [-0.39, 0.29) is 10.9 Å². The van der Waals surface area contributed by atoms with Gasteiger partial charge in [0.1, 0.15) is 17.9 Å². The highest BCUT2D eigenvalue weighted by Crippen LogP contribution is 2.36. The lowest BCUT2D eigenvalue weighted by Gasteiger charge is -2.36. The van der Waals surface area contributed by atoms with Crippen molar-refractivity contribution in [1.82, 2.24) is 14.6 Å². The molecule has 0 saturated heterocycles. The molecule has 1 aromatic carbocycles. The van der Waals surface area contributed by atoms with E-state index in [0.717, 1.165) is 0 Å². The Balaban J connectivity index is 1.69. The molecule has 1 N–H and O–H groups in total. The molecule has 3 rings (SSSR count). The molecule has 3 aromatic rings. The molecule has 0 saturated carbocycles. The second-order valence-corrected chi connectivity index (χ2v) is 13.7. The number of anilines is 1. The maximum Gasteiger partial charge on any atom is 0.261 e. The van der Waals surface area contributed by atoms with Crippen molar-refractivity contribution in [2.75, 3.05) is 18.5 Å². The molecule has 0 aliphatic carbocycles. The van der Waals surface area contributed by atoms with Gasteiger partial charge in [-0.05, 0) is 42.4 Å². The molecule has 0 aliphatic rings. The van der Waals surface area contributed by atoms with Gasteiger partial charge in [0.25, 0.3) is 5.91 Å². The molecule has 1 amide bonds. The number of benzene rings is 1. The summed E-state index contributed by atoms with van der Waals surface area (Å²) in [6, 6.07) is 6.86. The van der Waals surface area contributed by atoms with Gasteiger partial charge < -0.3 is 14.5 Å². The van der Waals surface area contributed by atoms with Crippen molar-refractivity contribution in [3.8, 4) is 5.75 Å². The summed E-state index contributed by atoms with van der Waals surface area (Å²) in [4.78, 5) is 17.0. The van der Waals surface area contributed by atoms with Gasteiger partial charge in [-0.2, -0.15) is 5.10 Å². The molecule has 160 valence electrons. The van der Waals surface area contributed by atoms with E-state index < -0.39 is 8.32 Å². The zero-order valence-corrected chi connectivity index (χ0v) is 19.7. The van der Waals surface area contributed by atoms with Crippen LogP contribution in [-0.2, 0) is 4.43 Å². The lowest BCUT2D eigenvalue weighted by Crippen LogP contribution is -2.41. The van der Waals surface area contributed by atoms with Gasteiger partial charge in [0.2, 0.25) is 0 Å². The summed E-state index contributed by atoms with van der Waals surface area (Å²) in [6.45, 7) is 11.8. The van der Waals surface area contributed by atoms with Crippen LogP contribution in [-0.4, -0.2) is 42.0 Å². The first-order valence-electron chi connectivity index (χ1n) is 9.74. The van der Waals surface area contributed by atoms with E-state index in [1.165, 1.54) is 6.20 Å². The third-order valence-corrected chi connectivity index (χ3v) is 10.1. The summed E-state index contributed by atoms with van der Waals surface area (Å²) in [7, 11) is -1.84. The van der Waals surface area contributed by atoms with Gasteiger partial charge in [-0.25, -0.2) is 9.50 Å². The van der Waals surface area contributed by atoms with Crippen LogP contribution in [0.25, 0.3) is 5.65 Å². The third-order valence-electron chi connectivity index (χ3n) is 5.32. The number of hydrogen-bond acceptors (Lipinski definition) is 5. The van der Waals surface area contributed by atoms with Crippen LogP contribution in [0.3, 0.4) is 0 Å². The Hall–Kier alpha value is -2.42. The summed E-state index contributed by atoms with van der Waals surface area (Å²) in [6.07, 6.45) is 4.83. The predicted octanol–water partition coefficient (Wildman–Crippen LogP) is 5.04. The minimum atomic E-state index is -1.84. The van der Waals surface area contributed by atoms with Crippen LogP contribution in [0.1, 0.15) is 31.1 Å². The maximum absolute atomic E-state index is 12.8.